The Hall–Kier alpha value is -2.77. The predicted octanol–water partition coefficient (Wildman–Crippen LogP) is 2.94. The maximum Gasteiger partial charge on any atom is 0.246 e. The minimum atomic E-state index is -0.0613. The first-order valence-electron chi connectivity index (χ1n) is 9.71. The maximum absolute atomic E-state index is 12.6. The van der Waals surface area contributed by atoms with Gasteiger partial charge in [0.25, 0.3) is 0 Å². The summed E-state index contributed by atoms with van der Waals surface area (Å²) in [5, 5.41) is 4.92. The predicted molar refractivity (Wildman–Crippen MR) is 116 cm³/mol. The lowest BCUT2D eigenvalue weighted by Gasteiger charge is -2.25. The molecule has 4 heterocycles. The van der Waals surface area contributed by atoms with E-state index in [4.69, 9.17) is 0 Å². The first-order valence-corrected chi connectivity index (χ1v) is 10.6. The number of nitrogens with one attached hydrogen (secondary N) is 1. The average Bonchev–Trinajstić information content (AvgIpc) is 3.16. The van der Waals surface area contributed by atoms with Crippen LogP contribution in [0.1, 0.15) is 22.4 Å². The molecule has 2 amide bonds. The van der Waals surface area contributed by atoms with Crippen molar-refractivity contribution in [2.45, 2.75) is 19.4 Å². The second-order valence-electron chi connectivity index (χ2n) is 7.48. The van der Waals surface area contributed by atoms with Gasteiger partial charge in [0.05, 0.1) is 6.54 Å². The molecule has 2 aromatic heterocycles. The molecule has 0 atom stereocenters. The fourth-order valence-electron chi connectivity index (χ4n) is 3.60. The van der Waals surface area contributed by atoms with Gasteiger partial charge in [-0.25, -0.2) is 4.98 Å². The molecule has 150 valence electrons. The summed E-state index contributed by atoms with van der Waals surface area (Å²) in [5.74, 6) is 0.549. The Morgan fingerprint density at radius 3 is 3.03 bits per heavy atom. The van der Waals surface area contributed by atoms with Gasteiger partial charge in [-0.1, -0.05) is 17.7 Å². The Balaban J connectivity index is 1.37. The summed E-state index contributed by atoms with van der Waals surface area (Å²) in [5.41, 5.74) is 3.21. The van der Waals surface area contributed by atoms with Gasteiger partial charge >= 0.3 is 0 Å². The van der Waals surface area contributed by atoms with Crippen LogP contribution in [0.2, 0.25) is 0 Å². The molecule has 0 unspecified atom stereocenters. The van der Waals surface area contributed by atoms with Crippen molar-refractivity contribution in [2.24, 2.45) is 0 Å². The van der Waals surface area contributed by atoms with Crippen molar-refractivity contribution >= 4 is 35.0 Å². The molecule has 0 spiro atoms. The van der Waals surface area contributed by atoms with Crippen LogP contribution in [0.4, 0.5) is 5.82 Å². The van der Waals surface area contributed by atoms with Gasteiger partial charge in [0.15, 0.2) is 0 Å². The second-order valence-corrected chi connectivity index (χ2v) is 8.52. The van der Waals surface area contributed by atoms with Gasteiger partial charge in [-0.15, -0.1) is 11.3 Å². The van der Waals surface area contributed by atoms with Gasteiger partial charge in [-0.3, -0.25) is 14.5 Å². The highest BCUT2D eigenvalue weighted by atomic mass is 32.1. The standard InChI is InChI=1S/C22H24N4O2S/c1-25-14-18-11-17(13-23-22(18)24-20(27)15-25)4-5-21(28)26-8-6-16(7-9-26)12-19-3-2-10-29-19/h2-6,10-11,13H,7-9,12,14-15H2,1H3,(H,23,24,27)/b5-4+. The van der Waals surface area contributed by atoms with Gasteiger partial charge in [-0.2, -0.15) is 0 Å². The summed E-state index contributed by atoms with van der Waals surface area (Å²) < 4.78 is 0. The molecule has 29 heavy (non-hydrogen) atoms. The highest BCUT2D eigenvalue weighted by molar-refractivity contribution is 7.09. The van der Waals surface area contributed by atoms with Gasteiger partial charge < -0.3 is 10.2 Å². The van der Waals surface area contributed by atoms with E-state index in [1.165, 1.54) is 10.5 Å². The normalized spacial score (nSPS) is 17.6. The van der Waals surface area contributed by atoms with Crippen molar-refractivity contribution in [1.29, 1.82) is 0 Å². The van der Waals surface area contributed by atoms with E-state index < -0.39 is 0 Å². The molecule has 1 N–H and O–H groups in total. The third kappa shape index (κ3) is 4.99. The van der Waals surface area contributed by atoms with E-state index in [1.807, 2.05) is 22.9 Å². The molecule has 2 aliphatic heterocycles. The third-order valence-corrected chi connectivity index (χ3v) is 5.99. The van der Waals surface area contributed by atoms with Crippen LogP contribution < -0.4 is 5.32 Å². The van der Waals surface area contributed by atoms with Crippen LogP contribution in [-0.2, 0) is 22.6 Å². The number of likely N-dealkylation sites (N-methyl/N-ethyl adjacent to an activating group) is 1. The third-order valence-electron chi connectivity index (χ3n) is 5.11. The average molecular weight is 409 g/mol. The van der Waals surface area contributed by atoms with Crippen LogP contribution in [0, 0.1) is 0 Å². The van der Waals surface area contributed by atoms with Crippen molar-refractivity contribution in [3.05, 3.63) is 63.5 Å². The summed E-state index contributed by atoms with van der Waals surface area (Å²) in [4.78, 5) is 33.9. The highest BCUT2D eigenvalue weighted by Crippen LogP contribution is 2.21. The van der Waals surface area contributed by atoms with Gasteiger partial charge in [0.1, 0.15) is 5.82 Å². The van der Waals surface area contributed by atoms with Crippen molar-refractivity contribution < 1.29 is 9.59 Å². The van der Waals surface area contributed by atoms with Crippen LogP contribution >= 0.6 is 11.3 Å². The number of hydrogen-bond donors (Lipinski definition) is 1. The Morgan fingerprint density at radius 1 is 1.38 bits per heavy atom. The SMILES string of the molecule is CN1CC(=O)Nc2ncc(/C=C/C(=O)N3CC=C(Cc4cccs4)CC3)cc2C1. The number of nitrogens with zero attached hydrogens (tertiary/aromatic N) is 3. The molecule has 0 bridgehead atoms. The van der Waals surface area contributed by atoms with Gasteiger partial charge in [0.2, 0.25) is 11.8 Å². The van der Waals surface area contributed by atoms with E-state index in [-0.39, 0.29) is 11.8 Å². The molecule has 6 nitrogen and oxygen atoms in total. The lowest BCUT2D eigenvalue weighted by Crippen LogP contribution is -2.33. The summed E-state index contributed by atoms with van der Waals surface area (Å²) >= 11 is 1.78. The number of pyridine rings is 1. The fraction of sp³-hybridized carbons (Fsp3) is 0.318. The molecule has 0 aliphatic carbocycles. The Morgan fingerprint density at radius 2 is 2.28 bits per heavy atom. The summed E-state index contributed by atoms with van der Waals surface area (Å²) in [6.07, 6.45) is 9.18. The number of thiophene rings is 1. The first kappa shape index (κ1) is 19.5. The second kappa shape index (κ2) is 8.71. The molecular formula is C22H24N4O2S. The lowest BCUT2D eigenvalue weighted by atomic mass is 10.0. The van der Waals surface area contributed by atoms with E-state index >= 15 is 0 Å². The van der Waals surface area contributed by atoms with Crippen LogP contribution in [0.3, 0.4) is 0 Å². The number of hydrogen-bond acceptors (Lipinski definition) is 5. The Bertz CT molecular complexity index is 965. The van der Waals surface area contributed by atoms with Crippen molar-refractivity contribution in [3.63, 3.8) is 0 Å². The molecule has 0 saturated heterocycles. The van der Waals surface area contributed by atoms with E-state index in [0.717, 1.165) is 30.5 Å². The Labute approximate surface area is 174 Å². The monoisotopic (exact) mass is 408 g/mol. The number of rotatable bonds is 4. The van der Waals surface area contributed by atoms with Gasteiger partial charge in [0, 0.05) is 48.8 Å². The van der Waals surface area contributed by atoms with Crippen LogP contribution in [0.5, 0.6) is 0 Å². The zero-order chi connectivity index (χ0) is 20.2. The van der Waals surface area contributed by atoms with E-state index in [1.54, 1.807) is 29.7 Å². The summed E-state index contributed by atoms with van der Waals surface area (Å²) in [7, 11) is 1.90. The number of carbonyl (C=O) groups excluding carboxylic acids is 2. The molecule has 0 saturated carbocycles. The molecule has 4 rings (SSSR count). The van der Waals surface area contributed by atoms with Crippen LogP contribution in [0.15, 0.2) is 47.5 Å². The zero-order valence-corrected chi connectivity index (χ0v) is 17.2. The van der Waals surface area contributed by atoms with Crippen LogP contribution in [0.25, 0.3) is 6.08 Å². The molecule has 2 aliphatic rings. The minimum Gasteiger partial charge on any atom is -0.335 e. The lowest BCUT2D eigenvalue weighted by molar-refractivity contribution is -0.125. The topological polar surface area (TPSA) is 65.5 Å². The number of anilines is 1. The molecule has 7 heteroatoms. The number of carbonyl (C=O) groups is 2. The summed E-state index contributed by atoms with van der Waals surface area (Å²) in [6.45, 7) is 2.39. The Kier molecular flexibility index (Phi) is 5.87. The highest BCUT2D eigenvalue weighted by Gasteiger charge is 2.18. The summed E-state index contributed by atoms with van der Waals surface area (Å²) in [6, 6.07) is 6.21. The van der Waals surface area contributed by atoms with E-state index in [0.29, 0.717) is 25.5 Å². The van der Waals surface area contributed by atoms with Gasteiger partial charge in [-0.05, 0) is 42.6 Å². The van der Waals surface area contributed by atoms with Crippen LogP contribution in [-0.4, -0.2) is 53.3 Å². The maximum atomic E-state index is 12.6. The van der Waals surface area contributed by atoms with E-state index in [2.05, 4.69) is 33.9 Å². The smallest absolute Gasteiger partial charge is 0.246 e. The largest absolute Gasteiger partial charge is 0.335 e. The molecule has 0 fully saturated rings. The van der Waals surface area contributed by atoms with Crippen molar-refractivity contribution in [1.82, 2.24) is 14.8 Å². The minimum absolute atomic E-state index is 0.0109. The number of amides is 2. The fourth-order valence-corrected chi connectivity index (χ4v) is 4.36. The molecule has 2 aromatic rings. The number of fused-ring (bicyclic) bond motifs is 1. The molecule has 0 aromatic carbocycles. The zero-order valence-electron chi connectivity index (χ0n) is 16.4. The van der Waals surface area contributed by atoms with Crippen molar-refractivity contribution in [3.8, 4) is 0 Å². The molecular weight excluding hydrogens is 384 g/mol. The van der Waals surface area contributed by atoms with E-state index in [9.17, 15) is 9.59 Å². The van der Waals surface area contributed by atoms with Crippen molar-refractivity contribution in [2.75, 3.05) is 32.0 Å². The number of aromatic nitrogens is 1. The first-order chi connectivity index (χ1) is 14.1. The quantitative estimate of drug-likeness (QED) is 0.624. The molecule has 0 radical (unpaired) electrons.